The van der Waals surface area contributed by atoms with E-state index >= 15 is 0 Å². The van der Waals surface area contributed by atoms with Gasteiger partial charge in [-0.1, -0.05) is 46.3 Å². The van der Waals surface area contributed by atoms with Crippen LogP contribution in [0.5, 0.6) is 5.75 Å². The molecule has 0 saturated heterocycles. The summed E-state index contributed by atoms with van der Waals surface area (Å²) < 4.78 is 11.7. The molecule has 2 aromatic carbocycles. The van der Waals surface area contributed by atoms with E-state index in [0.717, 1.165) is 10.0 Å². The number of methoxy groups -OCH3 is 1. The average molecular weight is 378 g/mol. The van der Waals surface area contributed by atoms with E-state index in [2.05, 4.69) is 21.2 Å². The van der Waals surface area contributed by atoms with Gasteiger partial charge in [-0.2, -0.15) is 0 Å². The Labute approximate surface area is 144 Å². The van der Waals surface area contributed by atoms with E-state index in [1.165, 1.54) is 7.11 Å². The van der Waals surface area contributed by atoms with Gasteiger partial charge >= 0.3 is 5.97 Å². The predicted octanol–water partition coefficient (Wildman–Crippen LogP) is 3.55. The third-order valence-corrected chi connectivity index (χ3v) is 4.03. The SMILES string of the molecule is COC(=O)C(C)(COc1ccccc1)NCc1ccc(Br)cc1. The van der Waals surface area contributed by atoms with E-state index in [1.54, 1.807) is 6.92 Å². The molecule has 2 rings (SSSR count). The maximum atomic E-state index is 12.2. The van der Waals surface area contributed by atoms with Crippen LogP contribution in [0.1, 0.15) is 12.5 Å². The molecule has 0 amide bonds. The van der Waals surface area contributed by atoms with Crippen molar-refractivity contribution in [3.63, 3.8) is 0 Å². The summed E-state index contributed by atoms with van der Waals surface area (Å²) in [5.74, 6) is 0.360. The molecule has 122 valence electrons. The average Bonchev–Trinajstić information content (AvgIpc) is 2.59. The number of ether oxygens (including phenoxy) is 2. The van der Waals surface area contributed by atoms with E-state index in [4.69, 9.17) is 9.47 Å². The van der Waals surface area contributed by atoms with Gasteiger partial charge in [0.2, 0.25) is 0 Å². The molecule has 0 aromatic heterocycles. The topological polar surface area (TPSA) is 47.6 Å². The zero-order valence-electron chi connectivity index (χ0n) is 13.2. The fraction of sp³-hybridized carbons (Fsp3) is 0.278. The van der Waals surface area contributed by atoms with Gasteiger partial charge in [0.05, 0.1) is 7.11 Å². The lowest BCUT2D eigenvalue weighted by Gasteiger charge is -2.28. The molecule has 2 aromatic rings. The van der Waals surface area contributed by atoms with Crippen LogP contribution in [0.4, 0.5) is 0 Å². The molecule has 1 atom stereocenters. The Balaban J connectivity index is 2.02. The van der Waals surface area contributed by atoms with Crippen LogP contribution in [0.25, 0.3) is 0 Å². The maximum absolute atomic E-state index is 12.2. The van der Waals surface area contributed by atoms with E-state index in [1.807, 2.05) is 54.6 Å². The molecule has 0 spiro atoms. The quantitative estimate of drug-likeness (QED) is 0.749. The van der Waals surface area contributed by atoms with Gasteiger partial charge in [-0.15, -0.1) is 0 Å². The van der Waals surface area contributed by atoms with Gasteiger partial charge in [-0.05, 0) is 36.8 Å². The third kappa shape index (κ3) is 5.08. The van der Waals surface area contributed by atoms with E-state index in [-0.39, 0.29) is 12.6 Å². The summed E-state index contributed by atoms with van der Waals surface area (Å²) in [6.45, 7) is 2.50. The van der Waals surface area contributed by atoms with E-state index in [0.29, 0.717) is 12.3 Å². The van der Waals surface area contributed by atoms with E-state index < -0.39 is 5.54 Å². The summed E-state index contributed by atoms with van der Waals surface area (Å²) in [4.78, 5) is 12.2. The van der Waals surface area contributed by atoms with Gasteiger partial charge < -0.3 is 9.47 Å². The highest BCUT2D eigenvalue weighted by Gasteiger charge is 2.35. The van der Waals surface area contributed by atoms with Gasteiger partial charge in [-0.3, -0.25) is 5.32 Å². The molecule has 0 bridgehead atoms. The van der Waals surface area contributed by atoms with Gasteiger partial charge in [-0.25, -0.2) is 4.79 Å². The Morgan fingerprint density at radius 1 is 1.13 bits per heavy atom. The Bertz CT molecular complexity index is 630. The first-order valence-corrected chi connectivity index (χ1v) is 8.08. The summed E-state index contributed by atoms with van der Waals surface area (Å²) in [5, 5.41) is 3.24. The highest BCUT2D eigenvalue weighted by molar-refractivity contribution is 9.10. The Morgan fingerprint density at radius 3 is 2.39 bits per heavy atom. The molecule has 0 radical (unpaired) electrons. The number of rotatable bonds is 7. The minimum absolute atomic E-state index is 0.181. The second-order valence-corrected chi connectivity index (χ2v) is 6.32. The van der Waals surface area contributed by atoms with Crippen LogP contribution in [-0.4, -0.2) is 25.2 Å². The Morgan fingerprint density at radius 2 is 1.78 bits per heavy atom. The molecule has 0 aliphatic rings. The summed E-state index contributed by atoms with van der Waals surface area (Å²) in [6.07, 6.45) is 0. The minimum atomic E-state index is -0.933. The fourth-order valence-corrected chi connectivity index (χ4v) is 2.32. The molecule has 23 heavy (non-hydrogen) atoms. The molecule has 0 fully saturated rings. The first-order chi connectivity index (χ1) is 11.0. The molecule has 0 saturated carbocycles. The molecule has 0 aliphatic heterocycles. The van der Waals surface area contributed by atoms with Gasteiger partial charge in [0.15, 0.2) is 0 Å². The highest BCUT2D eigenvalue weighted by Crippen LogP contribution is 2.15. The summed E-state index contributed by atoms with van der Waals surface area (Å²) in [5.41, 5.74) is 0.139. The van der Waals surface area contributed by atoms with Crippen LogP contribution in [0, 0.1) is 0 Å². The second-order valence-electron chi connectivity index (χ2n) is 5.41. The van der Waals surface area contributed by atoms with E-state index in [9.17, 15) is 4.79 Å². The summed E-state index contributed by atoms with van der Waals surface area (Å²) in [6, 6.07) is 17.3. The first-order valence-electron chi connectivity index (χ1n) is 7.29. The molecular formula is C18H20BrNO3. The van der Waals surface area contributed by atoms with Crippen molar-refractivity contribution < 1.29 is 14.3 Å². The van der Waals surface area contributed by atoms with Crippen molar-refractivity contribution in [2.75, 3.05) is 13.7 Å². The lowest BCUT2D eigenvalue weighted by molar-refractivity contribution is -0.149. The van der Waals surface area contributed by atoms with Crippen LogP contribution < -0.4 is 10.1 Å². The van der Waals surface area contributed by atoms with Gasteiger partial charge in [0.25, 0.3) is 0 Å². The lowest BCUT2D eigenvalue weighted by Crippen LogP contribution is -2.54. The fourth-order valence-electron chi connectivity index (χ4n) is 2.05. The van der Waals surface area contributed by atoms with Crippen LogP contribution in [0.3, 0.4) is 0 Å². The molecule has 1 unspecified atom stereocenters. The number of carbonyl (C=O) groups excluding carboxylic acids is 1. The molecule has 0 aliphatic carbocycles. The minimum Gasteiger partial charge on any atom is -0.491 e. The monoisotopic (exact) mass is 377 g/mol. The molecule has 1 N–H and O–H groups in total. The maximum Gasteiger partial charge on any atom is 0.329 e. The molecule has 0 heterocycles. The zero-order chi connectivity index (χ0) is 16.7. The lowest BCUT2D eigenvalue weighted by atomic mass is 10.0. The number of esters is 1. The Hall–Kier alpha value is -1.85. The number of para-hydroxylation sites is 1. The second kappa shape index (κ2) is 8.13. The molecule has 5 heteroatoms. The zero-order valence-corrected chi connectivity index (χ0v) is 14.8. The standard InChI is InChI=1S/C18H20BrNO3/c1-18(17(21)22-2,13-23-16-6-4-3-5-7-16)20-12-14-8-10-15(19)11-9-14/h3-11,20H,12-13H2,1-2H3. The Kier molecular flexibility index (Phi) is 6.19. The number of benzene rings is 2. The van der Waals surface area contributed by atoms with Crippen molar-refractivity contribution in [3.05, 3.63) is 64.6 Å². The predicted molar refractivity (Wildman–Crippen MR) is 93.3 cm³/mol. The summed E-state index contributed by atoms with van der Waals surface area (Å²) in [7, 11) is 1.38. The molecular weight excluding hydrogens is 358 g/mol. The third-order valence-electron chi connectivity index (χ3n) is 3.50. The highest BCUT2D eigenvalue weighted by atomic mass is 79.9. The van der Waals surface area contributed by atoms with Crippen molar-refractivity contribution in [1.82, 2.24) is 5.32 Å². The van der Waals surface area contributed by atoms with Crippen LogP contribution in [0.2, 0.25) is 0 Å². The number of nitrogens with one attached hydrogen (secondary N) is 1. The summed E-state index contributed by atoms with van der Waals surface area (Å²) >= 11 is 3.41. The number of carbonyl (C=O) groups is 1. The van der Waals surface area contributed by atoms with Crippen molar-refractivity contribution in [3.8, 4) is 5.75 Å². The van der Waals surface area contributed by atoms with Gasteiger partial charge in [0, 0.05) is 11.0 Å². The van der Waals surface area contributed by atoms with Gasteiger partial charge in [0.1, 0.15) is 17.9 Å². The van der Waals surface area contributed by atoms with Crippen LogP contribution in [0.15, 0.2) is 59.1 Å². The smallest absolute Gasteiger partial charge is 0.329 e. The van der Waals surface area contributed by atoms with Crippen LogP contribution >= 0.6 is 15.9 Å². The van der Waals surface area contributed by atoms with Crippen molar-refractivity contribution >= 4 is 21.9 Å². The van der Waals surface area contributed by atoms with Crippen molar-refractivity contribution in [2.45, 2.75) is 19.0 Å². The van der Waals surface area contributed by atoms with Crippen molar-refractivity contribution in [1.29, 1.82) is 0 Å². The number of hydrogen-bond donors (Lipinski definition) is 1. The number of halogens is 1. The largest absolute Gasteiger partial charge is 0.491 e. The van der Waals surface area contributed by atoms with Crippen molar-refractivity contribution in [2.24, 2.45) is 0 Å². The first kappa shape index (κ1) is 17.5. The normalized spacial score (nSPS) is 13.2. The van der Waals surface area contributed by atoms with Crippen LogP contribution in [-0.2, 0) is 16.1 Å². The number of hydrogen-bond acceptors (Lipinski definition) is 4. The molecule has 4 nitrogen and oxygen atoms in total.